The highest BCUT2D eigenvalue weighted by Crippen LogP contribution is 2.28. The predicted octanol–water partition coefficient (Wildman–Crippen LogP) is 4.62. The Morgan fingerprint density at radius 1 is 1.20 bits per heavy atom. The van der Waals surface area contributed by atoms with Gasteiger partial charge in [-0.25, -0.2) is 5.43 Å². The summed E-state index contributed by atoms with van der Waals surface area (Å²) in [5, 5.41) is 5.18. The lowest BCUT2D eigenvalue weighted by Crippen LogP contribution is -2.34. The van der Waals surface area contributed by atoms with Gasteiger partial charge >= 0.3 is 0 Å². The van der Waals surface area contributed by atoms with E-state index in [9.17, 15) is 4.79 Å². The molecule has 0 saturated carbocycles. The molecule has 0 heterocycles. The maximum Gasteiger partial charge on any atom is 0.280 e. The summed E-state index contributed by atoms with van der Waals surface area (Å²) in [4.78, 5) is 12.3. The molecule has 0 saturated heterocycles. The second-order valence-corrected chi connectivity index (χ2v) is 6.72. The summed E-state index contributed by atoms with van der Waals surface area (Å²) in [5.74, 6) is 0.0750. The third-order valence-corrected chi connectivity index (χ3v) is 4.59. The van der Waals surface area contributed by atoms with Gasteiger partial charge in [-0.1, -0.05) is 47.5 Å². The summed E-state index contributed by atoms with van der Waals surface area (Å²) in [6.07, 6.45) is 2.17. The van der Waals surface area contributed by atoms with E-state index in [1.54, 1.807) is 25.1 Å². The normalized spacial score (nSPS) is 16.2. The minimum Gasteiger partial charge on any atom is -0.479 e. The Bertz CT molecular complexity index is 821. The van der Waals surface area contributed by atoms with Crippen LogP contribution in [0.3, 0.4) is 0 Å². The van der Waals surface area contributed by atoms with Crippen molar-refractivity contribution in [2.24, 2.45) is 5.10 Å². The highest BCUT2D eigenvalue weighted by Gasteiger charge is 2.18. The lowest BCUT2D eigenvalue weighted by atomic mass is 9.90. The van der Waals surface area contributed by atoms with E-state index in [0.717, 1.165) is 30.5 Å². The van der Waals surface area contributed by atoms with Crippen LogP contribution in [0.2, 0.25) is 10.0 Å². The molecule has 4 nitrogen and oxygen atoms in total. The van der Waals surface area contributed by atoms with Gasteiger partial charge < -0.3 is 4.74 Å². The summed E-state index contributed by atoms with van der Waals surface area (Å²) in [6, 6.07) is 13.0. The van der Waals surface area contributed by atoms with Gasteiger partial charge in [-0.2, -0.15) is 5.10 Å². The molecule has 2 aromatic carbocycles. The summed E-state index contributed by atoms with van der Waals surface area (Å²) in [7, 11) is 0. The molecular weight excluding hydrogens is 359 g/mol. The number of nitrogens with one attached hydrogen (secondary N) is 1. The van der Waals surface area contributed by atoms with E-state index >= 15 is 0 Å². The number of hydrogen-bond donors (Lipinski definition) is 1. The largest absolute Gasteiger partial charge is 0.479 e. The first-order valence-corrected chi connectivity index (χ1v) is 8.86. The molecule has 25 heavy (non-hydrogen) atoms. The third-order valence-electron chi connectivity index (χ3n) is 4.06. The SMILES string of the molecule is C[C@@H](Oc1ccc(Cl)cc1Cl)C(=O)N/N=C1\CCCc2ccccc21. The van der Waals surface area contributed by atoms with Crippen molar-refractivity contribution in [3.8, 4) is 5.75 Å². The Labute approximate surface area is 156 Å². The van der Waals surface area contributed by atoms with E-state index in [1.807, 2.05) is 18.2 Å². The van der Waals surface area contributed by atoms with Gasteiger partial charge in [-0.3, -0.25) is 4.79 Å². The van der Waals surface area contributed by atoms with Gasteiger partial charge in [0.15, 0.2) is 6.10 Å². The number of amides is 1. The molecule has 0 aromatic heterocycles. The molecule has 3 rings (SSSR count). The van der Waals surface area contributed by atoms with E-state index in [-0.39, 0.29) is 5.91 Å². The topological polar surface area (TPSA) is 50.7 Å². The molecular formula is C19H18Cl2N2O2. The fraction of sp³-hybridized carbons (Fsp3) is 0.263. The van der Waals surface area contributed by atoms with Gasteiger partial charge in [-0.15, -0.1) is 0 Å². The van der Waals surface area contributed by atoms with Crippen molar-refractivity contribution < 1.29 is 9.53 Å². The molecule has 2 aromatic rings. The van der Waals surface area contributed by atoms with Gasteiger partial charge in [0.05, 0.1) is 10.7 Å². The van der Waals surface area contributed by atoms with Gasteiger partial charge in [0.1, 0.15) is 5.75 Å². The zero-order chi connectivity index (χ0) is 17.8. The number of nitrogens with zero attached hydrogens (tertiary/aromatic N) is 1. The van der Waals surface area contributed by atoms with Crippen LogP contribution in [0.25, 0.3) is 0 Å². The Morgan fingerprint density at radius 2 is 2.00 bits per heavy atom. The van der Waals surface area contributed by atoms with Crippen LogP contribution in [-0.4, -0.2) is 17.7 Å². The average molecular weight is 377 g/mol. The molecule has 0 unspecified atom stereocenters. The maximum absolute atomic E-state index is 12.3. The standard InChI is InChI=1S/C19H18Cl2N2O2/c1-12(25-18-10-9-14(20)11-16(18)21)19(24)23-22-17-8-4-6-13-5-2-3-7-15(13)17/h2-3,5,7,9-12H,4,6,8H2,1H3,(H,23,24)/b22-17+/t12-/m1/s1. The quantitative estimate of drug-likeness (QED) is 0.791. The van der Waals surface area contributed by atoms with Crippen LogP contribution in [0.4, 0.5) is 0 Å². The van der Waals surface area contributed by atoms with Gasteiger partial charge in [0, 0.05) is 10.6 Å². The van der Waals surface area contributed by atoms with Gasteiger partial charge in [0.25, 0.3) is 5.91 Å². The Kier molecular flexibility index (Phi) is 5.61. The molecule has 0 spiro atoms. The predicted molar refractivity (Wildman–Crippen MR) is 101 cm³/mol. The summed E-state index contributed by atoms with van der Waals surface area (Å²) < 4.78 is 5.60. The molecule has 1 atom stereocenters. The first-order valence-electron chi connectivity index (χ1n) is 8.11. The monoisotopic (exact) mass is 376 g/mol. The Hall–Kier alpha value is -2.04. The van der Waals surface area contributed by atoms with Crippen molar-refractivity contribution in [2.75, 3.05) is 0 Å². The first-order chi connectivity index (χ1) is 12.0. The molecule has 6 heteroatoms. The van der Waals surface area contributed by atoms with Crippen LogP contribution in [0, 0.1) is 0 Å². The van der Waals surface area contributed by atoms with Crippen molar-refractivity contribution in [3.05, 3.63) is 63.6 Å². The zero-order valence-corrected chi connectivity index (χ0v) is 15.3. The number of halogens is 2. The number of fused-ring (bicyclic) bond motifs is 1. The van der Waals surface area contributed by atoms with E-state index in [1.165, 1.54) is 5.56 Å². The van der Waals surface area contributed by atoms with Crippen molar-refractivity contribution in [3.63, 3.8) is 0 Å². The van der Waals surface area contributed by atoms with Crippen molar-refractivity contribution in [2.45, 2.75) is 32.3 Å². The minimum atomic E-state index is -0.734. The second-order valence-electron chi connectivity index (χ2n) is 5.88. The number of rotatable bonds is 4. The molecule has 1 amide bonds. The Morgan fingerprint density at radius 3 is 2.80 bits per heavy atom. The fourth-order valence-corrected chi connectivity index (χ4v) is 3.20. The van der Waals surface area contributed by atoms with E-state index in [0.29, 0.717) is 15.8 Å². The summed E-state index contributed by atoms with van der Waals surface area (Å²) in [6.45, 7) is 1.65. The fourth-order valence-electron chi connectivity index (χ4n) is 2.75. The van der Waals surface area contributed by atoms with Gasteiger partial charge in [0.2, 0.25) is 0 Å². The highest BCUT2D eigenvalue weighted by atomic mass is 35.5. The number of hydrogen-bond acceptors (Lipinski definition) is 3. The highest BCUT2D eigenvalue weighted by molar-refractivity contribution is 6.35. The Balaban J connectivity index is 1.66. The summed E-state index contributed by atoms with van der Waals surface area (Å²) in [5.41, 5.74) is 5.86. The van der Waals surface area contributed by atoms with Crippen LogP contribution < -0.4 is 10.2 Å². The van der Waals surface area contributed by atoms with Crippen molar-refractivity contribution in [1.82, 2.24) is 5.43 Å². The molecule has 1 N–H and O–H groups in total. The van der Waals surface area contributed by atoms with E-state index in [2.05, 4.69) is 16.6 Å². The van der Waals surface area contributed by atoms with Crippen LogP contribution in [-0.2, 0) is 11.2 Å². The number of hydrazone groups is 1. The molecule has 0 radical (unpaired) electrons. The second kappa shape index (κ2) is 7.89. The first kappa shape index (κ1) is 17.8. The zero-order valence-electron chi connectivity index (χ0n) is 13.8. The molecule has 130 valence electrons. The third kappa shape index (κ3) is 4.33. The minimum absolute atomic E-state index is 0.332. The molecule has 1 aliphatic rings. The van der Waals surface area contributed by atoms with Crippen molar-refractivity contribution in [1.29, 1.82) is 0 Å². The molecule has 0 bridgehead atoms. The maximum atomic E-state index is 12.3. The number of aryl methyl sites for hydroxylation is 1. The van der Waals surface area contributed by atoms with Crippen molar-refractivity contribution >= 4 is 34.8 Å². The van der Waals surface area contributed by atoms with Crippen LogP contribution >= 0.6 is 23.2 Å². The van der Waals surface area contributed by atoms with Crippen LogP contribution in [0.5, 0.6) is 5.75 Å². The number of ether oxygens (including phenoxy) is 1. The van der Waals surface area contributed by atoms with Crippen LogP contribution in [0.1, 0.15) is 30.9 Å². The molecule has 0 fully saturated rings. The summed E-state index contributed by atoms with van der Waals surface area (Å²) >= 11 is 11.9. The van der Waals surface area contributed by atoms with Crippen LogP contribution in [0.15, 0.2) is 47.6 Å². The molecule has 0 aliphatic heterocycles. The van der Waals surface area contributed by atoms with Gasteiger partial charge in [-0.05, 0) is 49.9 Å². The lowest BCUT2D eigenvalue weighted by Gasteiger charge is -2.18. The van der Waals surface area contributed by atoms with E-state index < -0.39 is 6.10 Å². The molecule has 1 aliphatic carbocycles. The lowest BCUT2D eigenvalue weighted by molar-refractivity contribution is -0.127. The number of carbonyl (C=O) groups is 1. The smallest absolute Gasteiger partial charge is 0.280 e. The average Bonchev–Trinajstić information content (AvgIpc) is 2.61. The number of carbonyl (C=O) groups excluding carboxylic acids is 1. The van der Waals surface area contributed by atoms with E-state index in [4.69, 9.17) is 27.9 Å². The number of benzene rings is 2.